The van der Waals surface area contributed by atoms with Crippen LogP contribution in [0.3, 0.4) is 0 Å². The number of amides is 1. The number of halogens is 2. The van der Waals surface area contributed by atoms with Crippen LogP contribution in [0.5, 0.6) is 5.75 Å². The number of rotatable bonds is 5. The van der Waals surface area contributed by atoms with E-state index < -0.39 is 5.63 Å². The van der Waals surface area contributed by atoms with Crippen LogP contribution in [0.2, 0.25) is 0 Å². The molecule has 2 heterocycles. The fourth-order valence-corrected chi connectivity index (χ4v) is 5.18. The van der Waals surface area contributed by atoms with Crippen molar-refractivity contribution < 1.29 is 23.1 Å². The van der Waals surface area contributed by atoms with Gasteiger partial charge in [-0.1, -0.05) is 24.3 Å². The van der Waals surface area contributed by atoms with Gasteiger partial charge in [-0.3, -0.25) is 9.69 Å². The van der Waals surface area contributed by atoms with Crippen molar-refractivity contribution in [1.29, 1.82) is 0 Å². The number of benzene rings is 3. The molecule has 1 aliphatic rings. The molecule has 1 saturated heterocycles. The number of aromatic hydroxyl groups is 1. The second kappa shape index (κ2) is 10.4. The van der Waals surface area contributed by atoms with E-state index >= 15 is 0 Å². The highest BCUT2D eigenvalue weighted by Crippen LogP contribution is 2.31. The van der Waals surface area contributed by atoms with Gasteiger partial charge in [-0.05, 0) is 66.9 Å². The Bertz CT molecular complexity index is 1490. The Hall–Kier alpha value is -4.04. The fourth-order valence-electron chi connectivity index (χ4n) is 5.18. The highest BCUT2D eigenvalue weighted by atomic mass is 19.1. The number of hydrogen-bond donors (Lipinski definition) is 1. The van der Waals surface area contributed by atoms with Crippen LogP contribution in [-0.2, 0) is 11.2 Å². The Morgan fingerprint density at radius 3 is 1.97 bits per heavy atom. The molecule has 0 radical (unpaired) electrons. The van der Waals surface area contributed by atoms with Crippen molar-refractivity contribution in [3.63, 3.8) is 0 Å². The van der Waals surface area contributed by atoms with Crippen molar-refractivity contribution in [2.45, 2.75) is 26.3 Å². The topological polar surface area (TPSA) is 74.0 Å². The lowest BCUT2D eigenvalue weighted by Gasteiger charge is -2.40. The summed E-state index contributed by atoms with van der Waals surface area (Å²) in [5.74, 6) is -0.791. The molecular weight excluding hydrogens is 490 g/mol. The van der Waals surface area contributed by atoms with E-state index in [1.807, 2.05) is 0 Å². The average Bonchev–Trinajstić information content (AvgIpc) is 2.91. The maximum atomic E-state index is 13.6. The molecule has 1 aromatic heterocycles. The maximum Gasteiger partial charge on any atom is 0.340 e. The molecule has 3 aromatic carbocycles. The molecule has 0 spiro atoms. The number of hydrogen-bond acceptors (Lipinski definition) is 5. The third kappa shape index (κ3) is 4.91. The lowest BCUT2D eigenvalue weighted by molar-refractivity contribution is -0.132. The molecule has 5 rings (SSSR count). The van der Waals surface area contributed by atoms with Crippen LogP contribution >= 0.6 is 0 Å². The first-order valence-electron chi connectivity index (χ1n) is 12.5. The summed E-state index contributed by atoms with van der Waals surface area (Å²) in [6.07, 6.45) is -0.0800. The van der Waals surface area contributed by atoms with Gasteiger partial charge in [0.05, 0.1) is 18.0 Å². The monoisotopic (exact) mass is 518 g/mol. The van der Waals surface area contributed by atoms with Crippen molar-refractivity contribution in [2.75, 3.05) is 26.2 Å². The van der Waals surface area contributed by atoms with E-state index in [4.69, 9.17) is 4.42 Å². The lowest BCUT2D eigenvalue weighted by Crippen LogP contribution is -2.50. The number of piperazine rings is 1. The quantitative estimate of drug-likeness (QED) is 0.382. The number of fused-ring (bicyclic) bond motifs is 1. The first-order chi connectivity index (χ1) is 18.2. The van der Waals surface area contributed by atoms with E-state index in [0.717, 1.165) is 11.1 Å². The molecule has 1 amide bonds. The van der Waals surface area contributed by atoms with E-state index in [-0.39, 0.29) is 35.8 Å². The van der Waals surface area contributed by atoms with Gasteiger partial charge >= 0.3 is 5.63 Å². The summed E-state index contributed by atoms with van der Waals surface area (Å²) in [5, 5.41) is 10.6. The van der Waals surface area contributed by atoms with Crippen LogP contribution in [-0.4, -0.2) is 47.0 Å². The third-order valence-electron chi connectivity index (χ3n) is 7.41. The van der Waals surface area contributed by atoms with Gasteiger partial charge in [0.25, 0.3) is 0 Å². The standard InChI is InChI=1S/C30H28F2N2O4/c1-18-24-11-12-26(35)19(2)29(24)38-30(37)25(18)17-27(36)33-13-15-34(16-14-33)28(20-3-7-22(31)8-4-20)21-5-9-23(32)10-6-21/h3-12,28,35H,13-17H2,1-2H3. The molecule has 0 saturated carbocycles. The van der Waals surface area contributed by atoms with Crippen LogP contribution in [0.25, 0.3) is 11.0 Å². The van der Waals surface area contributed by atoms with E-state index in [1.165, 1.54) is 24.3 Å². The SMILES string of the molecule is Cc1c(CC(=O)N2CCN(C(c3ccc(F)cc3)c3ccc(F)cc3)CC2)c(=O)oc2c(C)c(O)ccc12. The van der Waals surface area contributed by atoms with Crippen molar-refractivity contribution in [1.82, 2.24) is 9.80 Å². The molecule has 0 aliphatic carbocycles. The second-order valence-corrected chi connectivity index (χ2v) is 9.68. The minimum Gasteiger partial charge on any atom is -0.508 e. The molecule has 4 aromatic rings. The zero-order chi connectivity index (χ0) is 27.0. The van der Waals surface area contributed by atoms with Crippen molar-refractivity contribution in [2.24, 2.45) is 0 Å². The smallest absolute Gasteiger partial charge is 0.340 e. The Morgan fingerprint density at radius 2 is 1.42 bits per heavy atom. The summed E-state index contributed by atoms with van der Waals surface area (Å²) < 4.78 is 32.7. The van der Waals surface area contributed by atoms with Crippen LogP contribution < -0.4 is 5.63 Å². The zero-order valence-corrected chi connectivity index (χ0v) is 21.2. The molecule has 0 atom stereocenters. The second-order valence-electron chi connectivity index (χ2n) is 9.68. The van der Waals surface area contributed by atoms with Gasteiger partial charge in [0, 0.05) is 37.1 Å². The molecule has 38 heavy (non-hydrogen) atoms. The first kappa shape index (κ1) is 25.6. The number of nitrogens with zero attached hydrogens (tertiary/aromatic N) is 2. The average molecular weight is 519 g/mol. The minimum atomic E-state index is -0.580. The molecular formula is C30H28F2N2O4. The minimum absolute atomic E-state index is 0.0429. The summed E-state index contributed by atoms with van der Waals surface area (Å²) in [6.45, 7) is 5.46. The van der Waals surface area contributed by atoms with Gasteiger partial charge < -0.3 is 14.4 Å². The van der Waals surface area contributed by atoms with Crippen LogP contribution in [0.15, 0.2) is 69.9 Å². The van der Waals surface area contributed by atoms with Crippen LogP contribution in [0, 0.1) is 25.5 Å². The Labute approximate surface area is 218 Å². The maximum absolute atomic E-state index is 13.6. The van der Waals surface area contributed by atoms with Gasteiger partial charge in [0.2, 0.25) is 5.91 Å². The molecule has 1 aliphatic heterocycles. The lowest BCUT2D eigenvalue weighted by atomic mass is 9.96. The van der Waals surface area contributed by atoms with Gasteiger partial charge in [-0.25, -0.2) is 13.6 Å². The highest BCUT2D eigenvalue weighted by molar-refractivity contribution is 5.87. The molecule has 0 bridgehead atoms. The van der Waals surface area contributed by atoms with Gasteiger partial charge in [-0.15, -0.1) is 0 Å². The number of carbonyl (C=O) groups excluding carboxylic acids is 1. The summed E-state index contributed by atoms with van der Waals surface area (Å²) in [7, 11) is 0. The zero-order valence-electron chi connectivity index (χ0n) is 21.2. The normalized spacial score (nSPS) is 14.4. The third-order valence-corrected chi connectivity index (χ3v) is 7.41. The predicted octanol–water partition coefficient (Wildman–Crippen LogP) is 4.87. The van der Waals surface area contributed by atoms with Crippen molar-refractivity contribution in [3.8, 4) is 5.75 Å². The van der Waals surface area contributed by atoms with Gasteiger partial charge in [0.1, 0.15) is 23.0 Å². The molecule has 8 heteroatoms. The number of aryl methyl sites for hydroxylation is 2. The molecule has 196 valence electrons. The summed E-state index contributed by atoms with van der Waals surface area (Å²) in [4.78, 5) is 29.9. The number of phenolic OH excluding ortho intramolecular Hbond substituents is 1. The summed E-state index contributed by atoms with van der Waals surface area (Å²) >= 11 is 0. The Kier molecular flexibility index (Phi) is 6.99. The summed E-state index contributed by atoms with van der Waals surface area (Å²) in [5.41, 5.74) is 2.96. The first-order valence-corrected chi connectivity index (χ1v) is 12.5. The summed E-state index contributed by atoms with van der Waals surface area (Å²) in [6, 6.07) is 15.6. The van der Waals surface area contributed by atoms with E-state index in [1.54, 1.807) is 55.1 Å². The fraction of sp³-hybridized carbons (Fsp3) is 0.267. The van der Waals surface area contributed by atoms with E-state index in [0.29, 0.717) is 53.8 Å². The molecule has 1 N–H and O–H groups in total. The Balaban J connectivity index is 1.34. The highest BCUT2D eigenvalue weighted by Gasteiger charge is 2.29. The molecule has 1 fully saturated rings. The number of phenols is 1. The van der Waals surface area contributed by atoms with Crippen molar-refractivity contribution in [3.05, 3.63) is 111 Å². The predicted molar refractivity (Wildman–Crippen MR) is 140 cm³/mol. The van der Waals surface area contributed by atoms with E-state index in [2.05, 4.69) is 4.90 Å². The Morgan fingerprint density at radius 1 is 0.868 bits per heavy atom. The largest absolute Gasteiger partial charge is 0.508 e. The van der Waals surface area contributed by atoms with Crippen molar-refractivity contribution >= 4 is 16.9 Å². The molecule has 6 nitrogen and oxygen atoms in total. The van der Waals surface area contributed by atoms with Crippen LogP contribution in [0.1, 0.15) is 33.9 Å². The van der Waals surface area contributed by atoms with Crippen LogP contribution in [0.4, 0.5) is 8.78 Å². The van der Waals surface area contributed by atoms with Gasteiger partial charge in [-0.2, -0.15) is 0 Å². The molecule has 0 unspecified atom stereocenters. The van der Waals surface area contributed by atoms with E-state index in [9.17, 15) is 23.5 Å². The van der Waals surface area contributed by atoms with Gasteiger partial charge in [0.15, 0.2) is 0 Å². The number of carbonyl (C=O) groups is 1.